The van der Waals surface area contributed by atoms with E-state index < -0.39 is 20.7 Å². The van der Waals surface area contributed by atoms with Crippen LogP contribution in [0.25, 0.3) is 0 Å². The number of rotatable bonds is 4. The van der Waals surface area contributed by atoms with Crippen molar-refractivity contribution in [2.75, 3.05) is 6.26 Å². The van der Waals surface area contributed by atoms with Crippen LogP contribution in [0, 0.1) is 0 Å². The van der Waals surface area contributed by atoms with Gasteiger partial charge in [-0.25, -0.2) is 8.42 Å². The maximum absolute atomic E-state index is 11.7. The molecule has 0 bridgehead atoms. The molecule has 17 heavy (non-hydrogen) atoms. The zero-order valence-corrected chi connectivity index (χ0v) is 11.7. The van der Waals surface area contributed by atoms with Crippen LogP contribution in [0.5, 0.6) is 0 Å². The molecule has 0 saturated carbocycles. The summed E-state index contributed by atoms with van der Waals surface area (Å²) in [5.41, 5.74) is 0.524. The molecule has 0 aliphatic rings. The Morgan fingerprint density at radius 1 is 1.41 bits per heavy atom. The van der Waals surface area contributed by atoms with Gasteiger partial charge in [-0.3, -0.25) is 4.68 Å². The third-order valence-electron chi connectivity index (χ3n) is 3.08. The first-order valence-electron chi connectivity index (χ1n) is 5.50. The molecule has 1 rings (SSSR count). The fourth-order valence-electron chi connectivity index (χ4n) is 1.53. The van der Waals surface area contributed by atoms with Crippen LogP contribution >= 0.6 is 0 Å². The number of aliphatic hydroxyl groups is 1. The molecule has 0 spiro atoms. The van der Waals surface area contributed by atoms with Crippen molar-refractivity contribution in [1.29, 1.82) is 0 Å². The molecule has 0 aliphatic heterocycles. The van der Waals surface area contributed by atoms with Gasteiger partial charge in [0.25, 0.3) is 0 Å². The fourth-order valence-corrected chi connectivity index (χ4v) is 2.06. The second-order valence-electron chi connectivity index (χ2n) is 5.07. The summed E-state index contributed by atoms with van der Waals surface area (Å²) in [7, 11) is -3.36. The quantitative estimate of drug-likeness (QED) is 0.886. The van der Waals surface area contributed by atoms with Crippen molar-refractivity contribution in [3.63, 3.8) is 0 Å². The molecular weight excluding hydrogens is 240 g/mol. The zero-order valence-electron chi connectivity index (χ0n) is 10.9. The normalized spacial score (nSPS) is 15.2. The van der Waals surface area contributed by atoms with Crippen molar-refractivity contribution in [1.82, 2.24) is 9.78 Å². The number of hydrogen-bond acceptors (Lipinski definition) is 4. The average molecular weight is 260 g/mol. The van der Waals surface area contributed by atoms with Gasteiger partial charge < -0.3 is 5.11 Å². The highest BCUT2D eigenvalue weighted by molar-refractivity contribution is 7.92. The summed E-state index contributed by atoms with van der Waals surface area (Å²) in [6, 6.07) is 1.72. The molecule has 6 heteroatoms. The molecular formula is C11H20N2O3S. The van der Waals surface area contributed by atoms with Gasteiger partial charge in [0.05, 0.1) is 10.4 Å². The van der Waals surface area contributed by atoms with Crippen molar-refractivity contribution in [2.45, 2.75) is 44.6 Å². The van der Waals surface area contributed by atoms with E-state index in [9.17, 15) is 13.5 Å². The van der Waals surface area contributed by atoms with E-state index >= 15 is 0 Å². The molecule has 0 aromatic carbocycles. The number of nitrogens with zero attached hydrogens (tertiary/aromatic N) is 2. The zero-order chi connectivity index (χ0) is 13.4. The number of hydrogen-bond donors (Lipinski definition) is 1. The first-order valence-corrected chi connectivity index (χ1v) is 7.39. The molecule has 0 fully saturated rings. The Kier molecular flexibility index (Phi) is 3.69. The molecule has 1 unspecified atom stereocenters. The summed E-state index contributed by atoms with van der Waals surface area (Å²) < 4.78 is 23.8. The number of aliphatic hydroxyl groups excluding tert-OH is 1. The van der Waals surface area contributed by atoms with E-state index in [1.165, 1.54) is 13.8 Å². The highest BCUT2D eigenvalue weighted by Crippen LogP contribution is 2.32. The second kappa shape index (κ2) is 4.42. The third kappa shape index (κ3) is 2.52. The van der Waals surface area contributed by atoms with Gasteiger partial charge in [-0.05, 0) is 33.8 Å². The van der Waals surface area contributed by atoms with Crippen LogP contribution in [-0.4, -0.2) is 34.3 Å². The summed E-state index contributed by atoms with van der Waals surface area (Å²) >= 11 is 0. The molecule has 1 aromatic heterocycles. The molecule has 0 aliphatic carbocycles. The van der Waals surface area contributed by atoms with Gasteiger partial charge in [0.15, 0.2) is 9.84 Å². The largest absolute Gasteiger partial charge is 0.385 e. The van der Waals surface area contributed by atoms with Crippen LogP contribution in [0.2, 0.25) is 0 Å². The predicted molar refractivity (Wildman–Crippen MR) is 66.5 cm³/mol. The predicted octanol–water partition coefficient (Wildman–Crippen LogP) is 1.32. The van der Waals surface area contributed by atoms with Gasteiger partial charge in [-0.1, -0.05) is 0 Å². The van der Waals surface area contributed by atoms with E-state index in [-0.39, 0.29) is 6.04 Å². The van der Waals surface area contributed by atoms with Crippen molar-refractivity contribution in [3.05, 3.63) is 18.0 Å². The van der Waals surface area contributed by atoms with E-state index in [1.54, 1.807) is 16.9 Å². The van der Waals surface area contributed by atoms with Crippen molar-refractivity contribution in [2.24, 2.45) is 0 Å². The summed E-state index contributed by atoms with van der Waals surface area (Å²) in [5.74, 6) is 0. The maximum atomic E-state index is 11.7. The van der Waals surface area contributed by atoms with E-state index in [4.69, 9.17) is 0 Å². The highest BCUT2D eigenvalue weighted by atomic mass is 32.2. The fraction of sp³-hybridized carbons (Fsp3) is 0.727. The van der Waals surface area contributed by atoms with Crippen LogP contribution in [0.4, 0.5) is 0 Å². The summed E-state index contributed by atoms with van der Waals surface area (Å²) in [6.07, 6.45) is 1.60. The number of sulfone groups is 1. The monoisotopic (exact) mass is 260 g/mol. The average Bonchev–Trinajstić information content (AvgIpc) is 2.62. The Labute approximate surface area is 102 Å². The Morgan fingerprint density at radius 2 is 1.94 bits per heavy atom. The standard InChI is InChI=1S/C11H20N2O3S/c1-8(2)13-9(6-7-12-13)10(14)11(3,4)17(5,15)16/h6-8,10,14H,1-5H3. The van der Waals surface area contributed by atoms with E-state index in [0.717, 1.165) is 6.26 Å². The lowest BCUT2D eigenvalue weighted by Crippen LogP contribution is -2.39. The van der Waals surface area contributed by atoms with Gasteiger partial charge in [0.1, 0.15) is 6.10 Å². The minimum atomic E-state index is -3.36. The van der Waals surface area contributed by atoms with Gasteiger partial charge in [0.2, 0.25) is 0 Å². The molecule has 1 heterocycles. The molecule has 1 N–H and O–H groups in total. The Morgan fingerprint density at radius 3 is 2.35 bits per heavy atom. The van der Waals surface area contributed by atoms with Gasteiger partial charge >= 0.3 is 0 Å². The van der Waals surface area contributed by atoms with Gasteiger partial charge in [0, 0.05) is 18.5 Å². The lowest BCUT2D eigenvalue weighted by atomic mass is 10.0. The first kappa shape index (κ1) is 14.2. The van der Waals surface area contributed by atoms with Crippen LogP contribution < -0.4 is 0 Å². The molecule has 0 amide bonds. The van der Waals surface area contributed by atoms with Crippen LogP contribution in [-0.2, 0) is 9.84 Å². The summed E-state index contributed by atoms with van der Waals surface area (Å²) in [4.78, 5) is 0. The molecule has 1 aromatic rings. The minimum absolute atomic E-state index is 0.0741. The highest BCUT2D eigenvalue weighted by Gasteiger charge is 2.40. The minimum Gasteiger partial charge on any atom is -0.385 e. The Hall–Kier alpha value is -0.880. The summed E-state index contributed by atoms with van der Waals surface area (Å²) in [6.45, 7) is 6.89. The van der Waals surface area contributed by atoms with Crippen molar-refractivity contribution in [3.8, 4) is 0 Å². The molecule has 1 atom stereocenters. The maximum Gasteiger partial charge on any atom is 0.155 e. The van der Waals surface area contributed by atoms with Crippen LogP contribution in [0.15, 0.2) is 12.3 Å². The van der Waals surface area contributed by atoms with Crippen LogP contribution in [0.3, 0.4) is 0 Å². The molecule has 0 saturated heterocycles. The van der Waals surface area contributed by atoms with Crippen molar-refractivity contribution < 1.29 is 13.5 Å². The number of aromatic nitrogens is 2. The van der Waals surface area contributed by atoms with E-state index in [0.29, 0.717) is 5.69 Å². The van der Waals surface area contributed by atoms with E-state index in [1.807, 2.05) is 13.8 Å². The summed E-state index contributed by atoms with van der Waals surface area (Å²) in [5, 5.41) is 14.4. The molecule has 5 nitrogen and oxygen atoms in total. The lowest BCUT2D eigenvalue weighted by Gasteiger charge is -2.29. The van der Waals surface area contributed by atoms with Gasteiger partial charge in [-0.2, -0.15) is 5.10 Å². The molecule has 98 valence electrons. The molecule has 0 radical (unpaired) electrons. The lowest BCUT2D eigenvalue weighted by molar-refractivity contribution is 0.127. The van der Waals surface area contributed by atoms with Gasteiger partial charge in [-0.15, -0.1) is 0 Å². The SMILES string of the molecule is CC(C)n1nccc1C(O)C(C)(C)S(C)(=O)=O. The van der Waals surface area contributed by atoms with Crippen molar-refractivity contribution >= 4 is 9.84 Å². The third-order valence-corrected chi connectivity index (χ3v) is 5.22. The smallest absolute Gasteiger partial charge is 0.155 e. The topological polar surface area (TPSA) is 72.2 Å². The van der Waals surface area contributed by atoms with E-state index in [2.05, 4.69) is 5.10 Å². The second-order valence-corrected chi connectivity index (χ2v) is 7.67. The first-order chi connectivity index (χ1) is 7.59. The van der Waals surface area contributed by atoms with Crippen LogP contribution in [0.1, 0.15) is 45.5 Å². The Bertz CT molecular complexity index is 489. The Balaban J connectivity index is 3.22.